The van der Waals surface area contributed by atoms with E-state index in [0.29, 0.717) is 5.56 Å². The second-order valence-corrected chi connectivity index (χ2v) is 4.69. The number of nitrogens with zero attached hydrogens (tertiary/aromatic N) is 1. The maximum absolute atomic E-state index is 13.4. The highest BCUT2D eigenvalue weighted by atomic mass is 19.4. The summed E-state index contributed by atoms with van der Waals surface area (Å²) in [7, 11) is 0. The molecule has 1 aromatic rings. The predicted octanol–water partition coefficient (Wildman–Crippen LogP) is 3.17. The van der Waals surface area contributed by atoms with Gasteiger partial charge in [-0.25, -0.2) is 4.98 Å². The Bertz CT molecular complexity index is 424. The van der Waals surface area contributed by atoms with E-state index < -0.39 is 30.6 Å². The second kappa shape index (κ2) is 4.50. The van der Waals surface area contributed by atoms with E-state index >= 15 is 0 Å². The van der Waals surface area contributed by atoms with Gasteiger partial charge in [0, 0.05) is 11.8 Å². The molecule has 0 bridgehead atoms. The Labute approximate surface area is 102 Å². The molecule has 6 heteroatoms. The van der Waals surface area contributed by atoms with Gasteiger partial charge >= 0.3 is 6.18 Å². The predicted molar refractivity (Wildman–Crippen MR) is 56.4 cm³/mol. The van der Waals surface area contributed by atoms with Crippen LogP contribution in [0.3, 0.4) is 0 Å². The summed E-state index contributed by atoms with van der Waals surface area (Å²) >= 11 is 0. The lowest BCUT2D eigenvalue weighted by Gasteiger charge is -2.37. The van der Waals surface area contributed by atoms with Gasteiger partial charge in [0.05, 0.1) is 0 Å². The van der Waals surface area contributed by atoms with E-state index in [1.54, 1.807) is 6.07 Å². The van der Waals surface area contributed by atoms with E-state index in [-0.39, 0.29) is 18.8 Å². The molecule has 1 aliphatic carbocycles. The molecular formula is C12H13F4NO. The average molecular weight is 263 g/mol. The topological polar surface area (TPSA) is 33.1 Å². The minimum absolute atomic E-state index is 0.110. The molecule has 0 radical (unpaired) electrons. The highest BCUT2D eigenvalue weighted by Crippen LogP contribution is 2.45. The van der Waals surface area contributed by atoms with Gasteiger partial charge in [0.2, 0.25) is 5.95 Å². The van der Waals surface area contributed by atoms with Crippen LogP contribution >= 0.6 is 0 Å². The van der Waals surface area contributed by atoms with E-state index in [1.165, 1.54) is 12.3 Å². The average Bonchev–Trinajstić information content (AvgIpc) is 2.30. The van der Waals surface area contributed by atoms with E-state index in [4.69, 9.17) is 0 Å². The molecule has 0 aromatic carbocycles. The minimum Gasteiger partial charge on any atom is -0.380 e. The lowest BCUT2D eigenvalue weighted by Crippen LogP contribution is -2.47. The molecule has 1 aromatic heterocycles. The Morgan fingerprint density at radius 1 is 1.28 bits per heavy atom. The maximum atomic E-state index is 13.4. The van der Waals surface area contributed by atoms with Crippen molar-refractivity contribution in [1.29, 1.82) is 0 Å². The molecule has 1 heterocycles. The third-order valence-electron chi connectivity index (χ3n) is 3.57. The van der Waals surface area contributed by atoms with Crippen molar-refractivity contribution in [2.45, 2.75) is 43.4 Å². The van der Waals surface area contributed by atoms with Gasteiger partial charge in [-0.15, -0.1) is 0 Å². The molecule has 1 fully saturated rings. The fourth-order valence-corrected chi connectivity index (χ4v) is 2.39. The molecule has 2 nitrogen and oxygen atoms in total. The molecule has 0 amide bonds. The Kier molecular flexibility index (Phi) is 3.31. The number of aliphatic hydroxyl groups is 1. The van der Waals surface area contributed by atoms with E-state index in [9.17, 15) is 22.7 Å². The van der Waals surface area contributed by atoms with Gasteiger partial charge in [0.15, 0.2) is 5.60 Å². The van der Waals surface area contributed by atoms with Crippen molar-refractivity contribution in [2.24, 2.45) is 0 Å². The van der Waals surface area contributed by atoms with Gasteiger partial charge in [0.25, 0.3) is 0 Å². The number of pyridine rings is 1. The zero-order valence-electron chi connectivity index (χ0n) is 9.54. The Hall–Kier alpha value is -1.17. The van der Waals surface area contributed by atoms with Gasteiger partial charge in [-0.1, -0.05) is 6.07 Å². The van der Waals surface area contributed by atoms with Crippen LogP contribution in [-0.2, 0) is 0 Å². The van der Waals surface area contributed by atoms with Gasteiger partial charge in [-0.05, 0) is 37.7 Å². The maximum Gasteiger partial charge on any atom is 0.417 e. The highest BCUT2D eigenvalue weighted by molar-refractivity contribution is 5.18. The third-order valence-corrected chi connectivity index (χ3v) is 3.57. The summed E-state index contributed by atoms with van der Waals surface area (Å²) in [5.41, 5.74) is -2.29. The van der Waals surface area contributed by atoms with Crippen LogP contribution in [0.1, 0.15) is 37.2 Å². The smallest absolute Gasteiger partial charge is 0.380 e. The summed E-state index contributed by atoms with van der Waals surface area (Å²) in [5.74, 6) is -0.943. The second-order valence-electron chi connectivity index (χ2n) is 4.69. The zero-order chi connectivity index (χ0) is 13.4. The van der Waals surface area contributed by atoms with Crippen molar-refractivity contribution >= 4 is 0 Å². The van der Waals surface area contributed by atoms with E-state index in [1.807, 2.05) is 0 Å². The van der Waals surface area contributed by atoms with Crippen LogP contribution in [0.4, 0.5) is 17.6 Å². The fraction of sp³-hybridized carbons (Fsp3) is 0.583. The number of hydrogen-bond acceptors (Lipinski definition) is 2. The van der Waals surface area contributed by atoms with Crippen molar-refractivity contribution in [1.82, 2.24) is 4.98 Å². The largest absolute Gasteiger partial charge is 0.417 e. The quantitative estimate of drug-likeness (QED) is 0.623. The fourth-order valence-electron chi connectivity index (χ4n) is 2.39. The highest BCUT2D eigenvalue weighted by Gasteiger charge is 2.54. The molecule has 0 unspecified atom stereocenters. The molecule has 100 valence electrons. The first-order chi connectivity index (χ1) is 8.33. The van der Waals surface area contributed by atoms with Crippen LogP contribution in [0.5, 0.6) is 0 Å². The van der Waals surface area contributed by atoms with Crippen molar-refractivity contribution in [3.63, 3.8) is 0 Å². The van der Waals surface area contributed by atoms with Gasteiger partial charge in [-0.2, -0.15) is 17.6 Å². The van der Waals surface area contributed by atoms with Crippen molar-refractivity contribution in [3.05, 3.63) is 29.8 Å². The standard InChI is InChI=1S/C12H13F4NO/c13-10-9(2-1-7-17-10)8-3-5-11(18,6-4-8)12(14,15)16/h1-2,7-8,18H,3-6H2/t8-,11-. The monoisotopic (exact) mass is 263 g/mol. The van der Waals surface area contributed by atoms with Crippen molar-refractivity contribution in [3.8, 4) is 0 Å². The number of halogens is 4. The van der Waals surface area contributed by atoms with Crippen LogP contribution in [0, 0.1) is 5.95 Å². The third kappa shape index (κ3) is 2.34. The van der Waals surface area contributed by atoms with Crippen LogP contribution in [-0.4, -0.2) is 21.9 Å². The molecule has 0 saturated heterocycles. The van der Waals surface area contributed by atoms with Gasteiger partial charge in [0.1, 0.15) is 0 Å². The minimum atomic E-state index is -4.62. The number of hydrogen-bond donors (Lipinski definition) is 1. The SMILES string of the molecule is O[C@]1(C(F)(F)F)CC[C@@H](c2cccnc2F)CC1. The number of aromatic nitrogens is 1. The molecule has 1 N–H and O–H groups in total. The van der Waals surface area contributed by atoms with Gasteiger partial charge < -0.3 is 5.11 Å². The van der Waals surface area contributed by atoms with Crippen LogP contribution < -0.4 is 0 Å². The normalized spacial score (nSPS) is 29.3. The first-order valence-electron chi connectivity index (χ1n) is 5.73. The Morgan fingerprint density at radius 3 is 2.39 bits per heavy atom. The molecule has 0 atom stereocenters. The van der Waals surface area contributed by atoms with Crippen LogP contribution in [0.25, 0.3) is 0 Å². The molecule has 1 aliphatic rings. The molecule has 18 heavy (non-hydrogen) atoms. The summed E-state index contributed by atoms with van der Waals surface area (Å²) < 4.78 is 51.2. The Balaban J connectivity index is 2.10. The molecule has 2 rings (SSSR count). The van der Waals surface area contributed by atoms with Crippen LogP contribution in [0.2, 0.25) is 0 Å². The van der Waals surface area contributed by atoms with E-state index in [2.05, 4.69) is 4.98 Å². The number of alkyl halides is 3. The zero-order valence-corrected chi connectivity index (χ0v) is 9.54. The lowest BCUT2D eigenvalue weighted by atomic mass is 9.76. The Morgan fingerprint density at radius 2 is 1.89 bits per heavy atom. The number of rotatable bonds is 1. The molecule has 1 saturated carbocycles. The first kappa shape index (κ1) is 13.3. The van der Waals surface area contributed by atoms with E-state index in [0.717, 1.165) is 0 Å². The molecule has 0 spiro atoms. The lowest BCUT2D eigenvalue weighted by molar-refractivity contribution is -0.270. The van der Waals surface area contributed by atoms with Crippen molar-refractivity contribution in [2.75, 3.05) is 0 Å². The summed E-state index contributed by atoms with van der Waals surface area (Å²) in [6.07, 6.45) is -3.89. The molecule has 0 aliphatic heterocycles. The summed E-state index contributed by atoms with van der Waals surface area (Å²) in [5, 5.41) is 9.51. The van der Waals surface area contributed by atoms with Gasteiger partial charge in [-0.3, -0.25) is 0 Å². The summed E-state index contributed by atoms with van der Waals surface area (Å²) in [6.45, 7) is 0. The molecular weight excluding hydrogens is 250 g/mol. The summed E-state index contributed by atoms with van der Waals surface area (Å²) in [6, 6.07) is 3.09. The van der Waals surface area contributed by atoms with Crippen molar-refractivity contribution < 1.29 is 22.7 Å². The van der Waals surface area contributed by atoms with Crippen LogP contribution in [0.15, 0.2) is 18.3 Å². The first-order valence-corrected chi connectivity index (χ1v) is 5.73. The summed E-state index contributed by atoms with van der Waals surface area (Å²) in [4.78, 5) is 3.49.